The van der Waals surface area contributed by atoms with Crippen LogP contribution in [0.2, 0.25) is 0 Å². The SMILES string of the molecule is CCOC(=O)CCNC(=O)c1ccc(-c2ccc(C#N)cc2)cc1. The van der Waals surface area contributed by atoms with Gasteiger partial charge in [-0.3, -0.25) is 9.59 Å². The summed E-state index contributed by atoms with van der Waals surface area (Å²) < 4.78 is 4.80. The van der Waals surface area contributed by atoms with E-state index < -0.39 is 0 Å². The van der Waals surface area contributed by atoms with Crippen molar-refractivity contribution >= 4 is 11.9 Å². The number of benzene rings is 2. The molecule has 5 nitrogen and oxygen atoms in total. The molecule has 5 heteroatoms. The Hall–Kier alpha value is -3.13. The normalized spacial score (nSPS) is 9.83. The Labute approximate surface area is 140 Å². The van der Waals surface area contributed by atoms with Gasteiger partial charge in [0.1, 0.15) is 0 Å². The molecule has 0 heterocycles. The Morgan fingerprint density at radius 3 is 2.17 bits per heavy atom. The maximum absolute atomic E-state index is 12.0. The Morgan fingerprint density at radius 2 is 1.62 bits per heavy atom. The summed E-state index contributed by atoms with van der Waals surface area (Å²) in [5.74, 6) is -0.556. The summed E-state index contributed by atoms with van der Waals surface area (Å²) in [4.78, 5) is 23.2. The van der Waals surface area contributed by atoms with Crippen LogP contribution in [-0.2, 0) is 9.53 Å². The van der Waals surface area contributed by atoms with Crippen LogP contribution >= 0.6 is 0 Å². The van der Waals surface area contributed by atoms with E-state index in [-0.39, 0.29) is 24.8 Å². The van der Waals surface area contributed by atoms with E-state index in [1.54, 1.807) is 31.2 Å². The summed E-state index contributed by atoms with van der Waals surface area (Å²) in [5.41, 5.74) is 3.07. The minimum Gasteiger partial charge on any atom is -0.466 e. The van der Waals surface area contributed by atoms with Crippen molar-refractivity contribution in [3.8, 4) is 17.2 Å². The first kappa shape index (κ1) is 17.2. The monoisotopic (exact) mass is 322 g/mol. The number of nitrogens with zero attached hydrogens (tertiary/aromatic N) is 1. The number of amides is 1. The second kappa shape index (κ2) is 8.49. The fourth-order valence-electron chi connectivity index (χ4n) is 2.16. The first-order chi connectivity index (χ1) is 11.6. The molecular weight excluding hydrogens is 304 g/mol. The number of ether oxygens (including phenoxy) is 1. The van der Waals surface area contributed by atoms with E-state index >= 15 is 0 Å². The lowest BCUT2D eigenvalue weighted by Crippen LogP contribution is -2.26. The molecular formula is C19H18N2O3. The summed E-state index contributed by atoms with van der Waals surface area (Å²) in [7, 11) is 0. The van der Waals surface area contributed by atoms with Crippen LogP contribution in [0.5, 0.6) is 0 Å². The molecule has 0 spiro atoms. The van der Waals surface area contributed by atoms with Gasteiger partial charge in [-0.2, -0.15) is 5.26 Å². The summed E-state index contributed by atoms with van der Waals surface area (Å²) >= 11 is 0. The highest BCUT2D eigenvalue weighted by Crippen LogP contribution is 2.20. The predicted molar refractivity (Wildman–Crippen MR) is 90.2 cm³/mol. The van der Waals surface area contributed by atoms with Crippen molar-refractivity contribution in [1.29, 1.82) is 5.26 Å². The Kier molecular flexibility index (Phi) is 6.09. The molecule has 0 aliphatic carbocycles. The number of nitriles is 1. The van der Waals surface area contributed by atoms with Gasteiger partial charge in [-0.15, -0.1) is 0 Å². The maximum atomic E-state index is 12.0. The Balaban J connectivity index is 1.94. The lowest BCUT2D eigenvalue weighted by Gasteiger charge is -2.07. The molecule has 0 saturated heterocycles. The zero-order chi connectivity index (χ0) is 17.4. The van der Waals surface area contributed by atoms with Crippen molar-refractivity contribution in [2.45, 2.75) is 13.3 Å². The number of esters is 1. The second-order valence-corrected chi connectivity index (χ2v) is 5.08. The highest BCUT2D eigenvalue weighted by Gasteiger charge is 2.07. The van der Waals surface area contributed by atoms with Crippen LogP contribution in [-0.4, -0.2) is 25.0 Å². The molecule has 0 unspecified atom stereocenters. The molecule has 0 aromatic heterocycles. The van der Waals surface area contributed by atoms with E-state index in [0.717, 1.165) is 11.1 Å². The van der Waals surface area contributed by atoms with Crippen LogP contribution in [0, 0.1) is 11.3 Å². The van der Waals surface area contributed by atoms with E-state index in [9.17, 15) is 9.59 Å². The Morgan fingerprint density at radius 1 is 1.04 bits per heavy atom. The number of carbonyl (C=O) groups excluding carboxylic acids is 2. The molecule has 2 aromatic rings. The van der Waals surface area contributed by atoms with Gasteiger partial charge >= 0.3 is 5.97 Å². The van der Waals surface area contributed by atoms with Gasteiger partial charge in [0.15, 0.2) is 0 Å². The van der Waals surface area contributed by atoms with Crippen molar-refractivity contribution in [3.05, 3.63) is 59.7 Å². The molecule has 1 N–H and O–H groups in total. The molecule has 0 bridgehead atoms. The van der Waals surface area contributed by atoms with Gasteiger partial charge in [-0.05, 0) is 42.3 Å². The van der Waals surface area contributed by atoms with E-state index in [0.29, 0.717) is 17.7 Å². The van der Waals surface area contributed by atoms with E-state index in [1.165, 1.54) is 0 Å². The molecule has 0 aliphatic rings. The molecule has 0 atom stereocenters. The van der Waals surface area contributed by atoms with Gasteiger partial charge < -0.3 is 10.1 Å². The summed E-state index contributed by atoms with van der Waals surface area (Å²) in [6, 6.07) is 16.5. The van der Waals surface area contributed by atoms with Gasteiger partial charge in [-0.1, -0.05) is 24.3 Å². The number of nitrogens with one attached hydrogen (secondary N) is 1. The van der Waals surface area contributed by atoms with Crippen LogP contribution in [0.15, 0.2) is 48.5 Å². The van der Waals surface area contributed by atoms with E-state index in [4.69, 9.17) is 10.00 Å². The van der Waals surface area contributed by atoms with Crippen molar-refractivity contribution < 1.29 is 14.3 Å². The topological polar surface area (TPSA) is 79.2 Å². The van der Waals surface area contributed by atoms with E-state index in [1.807, 2.05) is 24.3 Å². The third-order valence-corrected chi connectivity index (χ3v) is 3.41. The first-order valence-corrected chi connectivity index (χ1v) is 7.68. The fraction of sp³-hybridized carbons (Fsp3) is 0.211. The summed E-state index contributed by atoms with van der Waals surface area (Å²) in [6.07, 6.45) is 0.156. The smallest absolute Gasteiger partial charge is 0.307 e. The molecule has 0 fully saturated rings. The van der Waals surface area contributed by atoms with E-state index in [2.05, 4.69) is 11.4 Å². The number of rotatable bonds is 6. The highest BCUT2D eigenvalue weighted by atomic mass is 16.5. The minimum absolute atomic E-state index is 0.156. The number of carbonyl (C=O) groups is 2. The lowest BCUT2D eigenvalue weighted by atomic mass is 10.0. The quantitative estimate of drug-likeness (QED) is 0.829. The molecule has 122 valence electrons. The number of hydrogen-bond donors (Lipinski definition) is 1. The van der Waals surface area contributed by atoms with Crippen LogP contribution in [0.4, 0.5) is 0 Å². The largest absolute Gasteiger partial charge is 0.466 e. The lowest BCUT2D eigenvalue weighted by molar-refractivity contribution is -0.142. The zero-order valence-electron chi connectivity index (χ0n) is 13.4. The first-order valence-electron chi connectivity index (χ1n) is 7.68. The van der Waals surface area contributed by atoms with Crippen molar-refractivity contribution in [2.24, 2.45) is 0 Å². The maximum Gasteiger partial charge on any atom is 0.307 e. The molecule has 0 saturated carbocycles. The van der Waals surface area contributed by atoms with Crippen molar-refractivity contribution in [1.82, 2.24) is 5.32 Å². The summed E-state index contributed by atoms with van der Waals surface area (Å²) in [5, 5.41) is 11.5. The highest BCUT2D eigenvalue weighted by molar-refractivity contribution is 5.94. The minimum atomic E-state index is -0.325. The molecule has 2 rings (SSSR count). The van der Waals surface area contributed by atoms with Crippen molar-refractivity contribution in [2.75, 3.05) is 13.2 Å². The van der Waals surface area contributed by atoms with Crippen LogP contribution in [0.1, 0.15) is 29.3 Å². The Bertz CT molecular complexity index is 744. The third-order valence-electron chi connectivity index (χ3n) is 3.41. The third kappa shape index (κ3) is 4.68. The van der Waals surface area contributed by atoms with Gasteiger partial charge in [0, 0.05) is 12.1 Å². The van der Waals surface area contributed by atoms with Crippen LogP contribution in [0.3, 0.4) is 0 Å². The standard InChI is InChI=1S/C19H18N2O3/c1-2-24-18(22)11-12-21-19(23)17-9-7-16(8-10-17)15-5-3-14(13-20)4-6-15/h3-10H,2,11-12H2,1H3,(H,21,23). The summed E-state index contributed by atoms with van der Waals surface area (Å²) in [6.45, 7) is 2.32. The van der Waals surface area contributed by atoms with Gasteiger partial charge in [0.05, 0.1) is 24.7 Å². The molecule has 2 aromatic carbocycles. The molecule has 1 amide bonds. The van der Waals surface area contributed by atoms with Gasteiger partial charge in [-0.25, -0.2) is 0 Å². The molecule has 0 radical (unpaired) electrons. The predicted octanol–water partition coefficient (Wildman–Crippen LogP) is 2.91. The van der Waals surface area contributed by atoms with Gasteiger partial charge in [0.25, 0.3) is 5.91 Å². The van der Waals surface area contributed by atoms with Crippen molar-refractivity contribution in [3.63, 3.8) is 0 Å². The van der Waals surface area contributed by atoms with Crippen LogP contribution < -0.4 is 5.32 Å². The molecule has 24 heavy (non-hydrogen) atoms. The van der Waals surface area contributed by atoms with Crippen LogP contribution in [0.25, 0.3) is 11.1 Å². The second-order valence-electron chi connectivity index (χ2n) is 5.08. The van der Waals surface area contributed by atoms with Gasteiger partial charge in [0.2, 0.25) is 0 Å². The average molecular weight is 322 g/mol. The molecule has 0 aliphatic heterocycles. The zero-order valence-corrected chi connectivity index (χ0v) is 13.4. The fourth-order valence-corrected chi connectivity index (χ4v) is 2.16. The average Bonchev–Trinajstić information content (AvgIpc) is 2.62. The number of hydrogen-bond acceptors (Lipinski definition) is 4.